The predicted molar refractivity (Wildman–Crippen MR) is 75.9 cm³/mol. The fraction of sp³-hybridized carbons (Fsp3) is 0.600. The van der Waals surface area contributed by atoms with Crippen LogP contribution in [0.4, 0.5) is 13.2 Å². The molecule has 21 heavy (non-hydrogen) atoms. The lowest BCUT2D eigenvalue weighted by atomic mass is 9.99. The highest BCUT2D eigenvalue weighted by atomic mass is 19.4. The zero-order chi connectivity index (χ0) is 15.9. The summed E-state index contributed by atoms with van der Waals surface area (Å²) < 4.78 is 47.4. The molecule has 0 aliphatic rings. The van der Waals surface area contributed by atoms with Gasteiger partial charge in [-0.2, -0.15) is 13.2 Å². The average Bonchev–Trinajstić information content (AvgIpc) is 2.44. The Morgan fingerprint density at radius 1 is 1.19 bits per heavy atom. The third-order valence-electron chi connectivity index (χ3n) is 3.22. The first-order valence-electron chi connectivity index (χ1n) is 6.93. The van der Waals surface area contributed by atoms with E-state index in [0.717, 1.165) is 5.56 Å². The fourth-order valence-electron chi connectivity index (χ4n) is 2.23. The van der Waals surface area contributed by atoms with Crippen LogP contribution in [0, 0.1) is 0 Å². The highest BCUT2D eigenvalue weighted by Gasteiger charge is 2.27. The summed E-state index contributed by atoms with van der Waals surface area (Å²) in [5, 5.41) is 3.21. The molecule has 1 aromatic rings. The summed E-state index contributed by atoms with van der Waals surface area (Å²) in [7, 11) is 3.10. The van der Waals surface area contributed by atoms with Gasteiger partial charge in [-0.3, -0.25) is 0 Å². The molecule has 1 N–H and O–H groups in total. The Labute approximate surface area is 123 Å². The maximum Gasteiger partial charge on any atom is 0.389 e. The van der Waals surface area contributed by atoms with Crippen LogP contribution in [0.3, 0.4) is 0 Å². The van der Waals surface area contributed by atoms with Crippen molar-refractivity contribution < 1.29 is 22.6 Å². The molecule has 120 valence electrons. The Morgan fingerprint density at radius 3 is 2.43 bits per heavy atom. The number of ether oxygens (including phenoxy) is 2. The molecule has 0 heterocycles. The summed E-state index contributed by atoms with van der Waals surface area (Å²) in [5.41, 5.74) is 0.820. The quantitative estimate of drug-likeness (QED) is 0.785. The minimum atomic E-state index is -4.12. The van der Waals surface area contributed by atoms with E-state index in [0.29, 0.717) is 24.5 Å². The Bertz CT molecular complexity index is 435. The predicted octanol–water partition coefficient (Wildman–Crippen LogP) is 4.09. The monoisotopic (exact) mass is 305 g/mol. The van der Waals surface area contributed by atoms with Gasteiger partial charge in [0.1, 0.15) is 11.5 Å². The smallest absolute Gasteiger partial charge is 0.389 e. The van der Waals surface area contributed by atoms with Gasteiger partial charge in [0.2, 0.25) is 0 Å². The first-order valence-corrected chi connectivity index (χ1v) is 6.93. The molecule has 0 aromatic heterocycles. The Kier molecular flexibility index (Phi) is 6.81. The van der Waals surface area contributed by atoms with Crippen molar-refractivity contribution in [1.29, 1.82) is 0 Å². The lowest BCUT2D eigenvalue weighted by molar-refractivity contribution is -0.135. The van der Waals surface area contributed by atoms with Crippen LogP contribution in [0.1, 0.15) is 37.8 Å². The van der Waals surface area contributed by atoms with E-state index >= 15 is 0 Å². The largest absolute Gasteiger partial charge is 0.497 e. The number of halogens is 3. The molecule has 1 rings (SSSR count). The second-order valence-corrected chi connectivity index (χ2v) is 4.73. The number of methoxy groups -OCH3 is 2. The van der Waals surface area contributed by atoms with E-state index in [-0.39, 0.29) is 12.5 Å². The molecule has 0 radical (unpaired) electrons. The average molecular weight is 305 g/mol. The minimum Gasteiger partial charge on any atom is -0.497 e. The lowest BCUT2D eigenvalue weighted by Gasteiger charge is -2.21. The van der Waals surface area contributed by atoms with E-state index < -0.39 is 12.6 Å². The van der Waals surface area contributed by atoms with E-state index in [1.54, 1.807) is 32.4 Å². The molecule has 3 nitrogen and oxygen atoms in total. The van der Waals surface area contributed by atoms with Gasteiger partial charge in [0, 0.05) is 18.0 Å². The summed E-state index contributed by atoms with van der Waals surface area (Å²) >= 11 is 0. The third kappa shape index (κ3) is 5.83. The van der Waals surface area contributed by atoms with E-state index in [2.05, 4.69) is 5.32 Å². The van der Waals surface area contributed by atoms with Crippen molar-refractivity contribution in [3.05, 3.63) is 23.8 Å². The summed E-state index contributed by atoms with van der Waals surface area (Å²) in [6, 6.07) is 5.14. The molecule has 1 atom stereocenters. The number of rotatable bonds is 8. The number of hydrogen-bond donors (Lipinski definition) is 1. The van der Waals surface area contributed by atoms with Gasteiger partial charge < -0.3 is 14.8 Å². The first kappa shape index (κ1) is 17.6. The maximum atomic E-state index is 12.3. The number of benzene rings is 1. The van der Waals surface area contributed by atoms with Gasteiger partial charge in [-0.25, -0.2) is 0 Å². The van der Waals surface area contributed by atoms with Crippen molar-refractivity contribution in [2.45, 2.75) is 38.4 Å². The number of alkyl halides is 3. The second-order valence-electron chi connectivity index (χ2n) is 4.73. The Morgan fingerprint density at radius 2 is 1.90 bits per heavy atom. The van der Waals surface area contributed by atoms with Crippen LogP contribution in [0.5, 0.6) is 11.5 Å². The summed E-state index contributed by atoms with van der Waals surface area (Å²) in [5.74, 6) is 1.30. The molecule has 1 aromatic carbocycles. The SMILES string of the molecule is CCNC(CCCC(F)(F)F)c1cc(OC)ccc1OC. The molecule has 0 fully saturated rings. The van der Waals surface area contributed by atoms with E-state index in [4.69, 9.17) is 9.47 Å². The van der Waals surface area contributed by atoms with Crippen molar-refractivity contribution >= 4 is 0 Å². The number of nitrogens with one attached hydrogen (secondary N) is 1. The molecular formula is C15H22F3NO2. The molecule has 0 saturated heterocycles. The highest BCUT2D eigenvalue weighted by molar-refractivity contribution is 5.42. The molecule has 1 unspecified atom stereocenters. The van der Waals surface area contributed by atoms with Crippen molar-refractivity contribution in [2.24, 2.45) is 0 Å². The zero-order valence-corrected chi connectivity index (χ0v) is 12.6. The Hall–Kier alpha value is -1.43. The third-order valence-corrected chi connectivity index (χ3v) is 3.22. The Balaban J connectivity index is 2.88. The van der Waals surface area contributed by atoms with Crippen LogP contribution in [0.2, 0.25) is 0 Å². The van der Waals surface area contributed by atoms with Crippen LogP contribution in [0.15, 0.2) is 18.2 Å². The molecule has 0 spiro atoms. The van der Waals surface area contributed by atoms with Gasteiger partial charge in [-0.15, -0.1) is 0 Å². The maximum absolute atomic E-state index is 12.3. The molecule has 0 saturated carbocycles. The first-order chi connectivity index (χ1) is 9.91. The standard InChI is InChI=1S/C15H22F3NO2/c1-4-19-13(6-5-9-15(16,17)18)12-10-11(20-2)7-8-14(12)21-3/h7-8,10,13,19H,4-6,9H2,1-3H3. The van der Waals surface area contributed by atoms with E-state index in [1.807, 2.05) is 6.92 Å². The lowest BCUT2D eigenvalue weighted by Crippen LogP contribution is -2.22. The molecule has 0 bridgehead atoms. The fourth-order valence-corrected chi connectivity index (χ4v) is 2.23. The van der Waals surface area contributed by atoms with Gasteiger partial charge in [-0.05, 0) is 37.6 Å². The van der Waals surface area contributed by atoms with E-state index in [1.165, 1.54) is 0 Å². The van der Waals surface area contributed by atoms with Crippen LogP contribution >= 0.6 is 0 Å². The van der Waals surface area contributed by atoms with Gasteiger partial charge in [0.25, 0.3) is 0 Å². The van der Waals surface area contributed by atoms with Crippen LogP contribution in [-0.2, 0) is 0 Å². The van der Waals surface area contributed by atoms with Gasteiger partial charge >= 0.3 is 6.18 Å². The summed E-state index contributed by atoms with van der Waals surface area (Å²) in [6.07, 6.45) is -4.44. The number of hydrogen-bond acceptors (Lipinski definition) is 3. The summed E-state index contributed by atoms with van der Waals surface area (Å²) in [4.78, 5) is 0. The van der Waals surface area contributed by atoms with Crippen LogP contribution in [-0.4, -0.2) is 26.9 Å². The zero-order valence-electron chi connectivity index (χ0n) is 12.6. The molecular weight excluding hydrogens is 283 g/mol. The molecule has 0 aliphatic heterocycles. The van der Waals surface area contributed by atoms with Gasteiger partial charge in [-0.1, -0.05) is 6.92 Å². The topological polar surface area (TPSA) is 30.5 Å². The van der Waals surface area contributed by atoms with Crippen molar-refractivity contribution in [3.63, 3.8) is 0 Å². The van der Waals surface area contributed by atoms with Crippen molar-refractivity contribution in [3.8, 4) is 11.5 Å². The molecule has 6 heteroatoms. The highest BCUT2D eigenvalue weighted by Crippen LogP contribution is 2.33. The summed E-state index contributed by atoms with van der Waals surface area (Å²) in [6.45, 7) is 2.58. The molecule has 0 aliphatic carbocycles. The van der Waals surface area contributed by atoms with Gasteiger partial charge in [0.15, 0.2) is 0 Å². The van der Waals surface area contributed by atoms with Gasteiger partial charge in [0.05, 0.1) is 14.2 Å². The van der Waals surface area contributed by atoms with Crippen LogP contribution in [0.25, 0.3) is 0 Å². The minimum absolute atomic E-state index is 0.0710. The normalized spacial score (nSPS) is 13.0. The molecule has 0 amide bonds. The second kappa shape index (κ2) is 8.12. The van der Waals surface area contributed by atoms with E-state index in [9.17, 15) is 13.2 Å². The van der Waals surface area contributed by atoms with Crippen LogP contribution < -0.4 is 14.8 Å². The van der Waals surface area contributed by atoms with Crippen molar-refractivity contribution in [1.82, 2.24) is 5.32 Å². The van der Waals surface area contributed by atoms with Crippen molar-refractivity contribution in [2.75, 3.05) is 20.8 Å².